The fraction of sp³-hybridized carbons (Fsp3) is 0.821. The molecule has 0 aromatic heterocycles. The van der Waals surface area contributed by atoms with Crippen molar-refractivity contribution in [1.29, 1.82) is 0 Å². The number of carbonyl (C=O) groups excluding carboxylic acids is 1. The Morgan fingerprint density at radius 3 is 2.45 bits per heavy atom. The predicted octanol–water partition coefficient (Wildman–Crippen LogP) is 3.79. The second kappa shape index (κ2) is 8.89. The van der Waals surface area contributed by atoms with Gasteiger partial charge in [0.1, 0.15) is 0 Å². The van der Waals surface area contributed by atoms with Gasteiger partial charge in [-0.1, -0.05) is 45.4 Å². The average Bonchev–Trinajstić information content (AvgIpc) is 3.04. The molecule has 5 nitrogen and oxygen atoms in total. The molecule has 186 valence electrons. The molecule has 0 bridgehead atoms. The monoisotopic (exact) mass is 460 g/mol. The van der Waals surface area contributed by atoms with Gasteiger partial charge in [-0.2, -0.15) is 0 Å². The molecule has 0 aromatic rings. The van der Waals surface area contributed by atoms with Crippen molar-refractivity contribution >= 4 is 5.78 Å². The van der Waals surface area contributed by atoms with Crippen LogP contribution in [0.15, 0.2) is 23.3 Å². The summed E-state index contributed by atoms with van der Waals surface area (Å²) in [6, 6.07) is 0. The average molecular weight is 461 g/mol. The van der Waals surface area contributed by atoms with E-state index in [9.17, 15) is 25.2 Å². The van der Waals surface area contributed by atoms with E-state index in [0.717, 1.165) is 48.8 Å². The molecule has 3 fully saturated rings. The molecule has 0 aliphatic heterocycles. The Morgan fingerprint density at radius 1 is 1.09 bits per heavy atom. The summed E-state index contributed by atoms with van der Waals surface area (Å²) >= 11 is 0. The lowest BCUT2D eigenvalue weighted by Gasteiger charge is -2.59. The molecule has 0 heterocycles. The van der Waals surface area contributed by atoms with Gasteiger partial charge in [0.05, 0.1) is 18.3 Å². The Balaban J connectivity index is 1.62. The predicted molar refractivity (Wildman–Crippen MR) is 128 cm³/mol. The highest BCUT2D eigenvalue weighted by molar-refractivity contribution is 6.00. The molecular formula is C28H44O5. The fourth-order valence-corrected chi connectivity index (χ4v) is 8.32. The third kappa shape index (κ3) is 3.87. The van der Waals surface area contributed by atoms with E-state index >= 15 is 0 Å². The number of carbonyl (C=O) groups is 1. The van der Waals surface area contributed by atoms with Crippen molar-refractivity contribution in [2.75, 3.05) is 6.61 Å². The van der Waals surface area contributed by atoms with Crippen LogP contribution in [0, 0.1) is 40.4 Å². The molecule has 4 rings (SSSR count). The molecule has 4 aliphatic carbocycles. The third-order valence-electron chi connectivity index (χ3n) is 10.5. The molecule has 0 aromatic carbocycles. The molecule has 4 N–H and O–H groups in total. The van der Waals surface area contributed by atoms with E-state index < -0.39 is 18.3 Å². The van der Waals surface area contributed by atoms with E-state index in [1.54, 1.807) is 0 Å². The molecule has 4 aliphatic rings. The number of aliphatic hydroxyl groups is 4. The summed E-state index contributed by atoms with van der Waals surface area (Å²) in [5.74, 6) is 0.868. The normalized spacial score (nSPS) is 44.7. The summed E-state index contributed by atoms with van der Waals surface area (Å²) in [4.78, 5) is 13.5. The summed E-state index contributed by atoms with van der Waals surface area (Å²) < 4.78 is 0. The summed E-state index contributed by atoms with van der Waals surface area (Å²) in [7, 11) is 0. The van der Waals surface area contributed by atoms with E-state index in [1.807, 2.05) is 6.92 Å². The van der Waals surface area contributed by atoms with Crippen molar-refractivity contribution in [1.82, 2.24) is 0 Å². The van der Waals surface area contributed by atoms with Gasteiger partial charge in [0.2, 0.25) is 0 Å². The van der Waals surface area contributed by atoms with E-state index in [0.29, 0.717) is 25.2 Å². The van der Waals surface area contributed by atoms with Gasteiger partial charge < -0.3 is 20.4 Å². The molecule has 33 heavy (non-hydrogen) atoms. The molecule has 5 heteroatoms. The topological polar surface area (TPSA) is 98.0 Å². The SMILES string of the molecule is C=C(CC[C@@H](C)[C@H]1CC(=O)C2=C3C[C@H](O)[C@H]4[C@@H](O)[C@@H](O)CC[C@]4(C)[C@H]3CC[C@@]21C)[C@@H](C)CO. The lowest BCUT2D eigenvalue weighted by molar-refractivity contribution is -0.166. The lowest BCUT2D eigenvalue weighted by atomic mass is 9.47. The Morgan fingerprint density at radius 2 is 1.79 bits per heavy atom. The standard InChI is InChI=1S/C28H44O5/c1-15(17(3)14-29)6-7-16(2)20-13-23(32)24-18-12-22(31)25-26(33)21(30)9-11-27(25,4)19(18)8-10-28(20,24)5/h16-17,19-22,25-26,29-31,33H,1,6-14H2,2-5H3/t16-,17+,19+,20-,21+,22+,25+,26+,27-,28-/m1/s1. The van der Waals surface area contributed by atoms with Crippen molar-refractivity contribution < 1.29 is 25.2 Å². The number of fused-ring (bicyclic) bond motifs is 4. The van der Waals surface area contributed by atoms with Crippen LogP contribution in [0.2, 0.25) is 0 Å². The molecule has 0 radical (unpaired) electrons. The smallest absolute Gasteiger partial charge is 0.159 e. The van der Waals surface area contributed by atoms with Crippen molar-refractivity contribution in [3.05, 3.63) is 23.3 Å². The number of hydrogen-bond acceptors (Lipinski definition) is 5. The van der Waals surface area contributed by atoms with E-state index in [4.69, 9.17) is 0 Å². The van der Waals surface area contributed by atoms with Gasteiger partial charge in [-0.15, -0.1) is 0 Å². The molecule has 3 saturated carbocycles. The summed E-state index contributed by atoms with van der Waals surface area (Å²) in [6.07, 6.45) is 3.69. The Kier molecular flexibility index (Phi) is 6.76. The summed E-state index contributed by atoms with van der Waals surface area (Å²) in [6.45, 7) is 13.0. The zero-order chi connectivity index (χ0) is 24.3. The van der Waals surface area contributed by atoms with E-state index in [1.165, 1.54) is 0 Å². The number of hydrogen-bond donors (Lipinski definition) is 4. The molecule has 0 unspecified atom stereocenters. The fourth-order valence-electron chi connectivity index (χ4n) is 8.32. The highest BCUT2D eigenvalue weighted by atomic mass is 16.3. The zero-order valence-corrected chi connectivity index (χ0v) is 20.9. The quantitative estimate of drug-likeness (QED) is 0.452. The van der Waals surface area contributed by atoms with Gasteiger partial charge in [-0.3, -0.25) is 4.79 Å². The number of aliphatic hydroxyl groups excluding tert-OH is 4. The zero-order valence-electron chi connectivity index (χ0n) is 20.9. The molecular weight excluding hydrogens is 416 g/mol. The summed E-state index contributed by atoms with van der Waals surface area (Å²) in [5, 5.41) is 41.6. The Hall–Kier alpha value is -1.01. The van der Waals surface area contributed by atoms with Gasteiger partial charge in [0.15, 0.2) is 5.78 Å². The summed E-state index contributed by atoms with van der Waals surface area (Å²) in [5.41, 5.74) is 2.76. The molecule has 0 saturated heterocycles. The molecule has 0 amide bonds. The second-order valence-corrected chi connectivity index (χ2v) is 12.3. The Bertz CT molecular complexity index is 832. The maximum Gasteiger partial charge on any atom is 0.159 e. The minimum atomic E-state index is -0.903. The van der Waals surface area contributed by atoms with Gasteiger partial charge in [0.25, 0.3) is 0 Å². The highest BCUT2D eigenvalue weighted by Crippen LogP contribution is 2.65. The number of Topliss-reactive ketones (excluding diaryl/α,β-unsaturated/α-hetero) is 1. The van der Waals surface area contributed by atoms with Gasteiger partial charge in [-0.05, 0) is 79.4 Å². The van der Waals surface area contributed by atoms with Crippen LogP contribution in [0.4, 0.5) is 0 Å². The first-order valence-corrected chi connectivity index (χ1v) is 13.0. The van der Waals surface area contributed by atoms with Crippen LogP contribution in [0.25, 0.3) is 0 Å². The van der Waals surface area contributed by atoms with Crippen LogP contribution in [0.1, 0.15) is 79.1 Å². The maximum absolute atomic E-state index is 13.5. The number of ketones is 1. The van der Waals surface area contributed by atoms with Crippen LogP contribution in [-0.4, -0.2) is 51.1 Å². The van der Waals surface area contributed by atoms with E-state index in [-0.39, 0.29) is 46.9 Å². The van der Waals surface area contributed by atoms with Crippen LogP contribution in [0.3, 0.4) is 0 Å². The van der Waals surface area contributed by atoms with Gasteiger partial charge in [-0.25, -0.2) is 0 Å². The molecule has 0 spiro atoms. The molecule has 10 atom stereocenters. The first-order chi connectivity index (χ1) is 15.5. The first kappa shape index (κ1) is 25.1. The van der Waals surface area contributed by atoms with Gasteiger partial charge >= 0.3 is 0 Å². The van der Waals surface area contributed by atoms with Crippen LogP contribution < -0.4 is 0 Å². The van der Waals surface area contributed by atoms with Crippen LogP contribution in [0.5, 0.6) is 0 Å². The van der Waals surface area contributed by atoms with Crippen molar-refractivity contribution in [3.63, 3.8) is 0 Å². The van der Waals surface area contributed by atoms with Crippen molar-refractivity contribution in [3.8, 4) is 0 Å². The maximum atomic E-state index is 13.5. The van der Waals surface area contributed by atoms with Crippen molar-refractivity contribution in [2.45, 2.75) is 97.4 Å². The first-order valence-electron chi connectivity index (χ1n) is 13.0. The Labute approximate surface area is 199 Å². The highest BCUT2D eigenvalue weighted by Gasteiger charge is 2.61. The third-order valence-corrected chi connectivity index (χ3v) is 10.5. The van der Waals surface area contributed by atoms with E-state index in [2.05, 4.69) is 27.4 Å². The largest absolute Gasteiger partial charge is 0.396 e. The minimum absolute atomic E-state index is 0.105. The van der Waals surface area contributed by atoms with Crippen molar-refractivity contribution in [2.24, 2.45) is 40.4 Å². The number of allylic oxidation sites excluding steroid dienone is 1. The number of rotatable bonds is 6. The second-order valence-electron chi connectivity index (χ2n) is 12.3. The lowest BCUT2D eigenvalue weighted by Crippen LogP contribution is -2.59. The van der Waals surface area contributed by atoms with Crippen LogP contribution in [-0.2, 0) is 4.79 Å². The van der Waals surface area contributed by atoms with Gasteiger partial charge in [0, 0.05) is 24.5 Å². The van der Waals surface area contributed by atoms with Crippen LogP contribution >= 0.6 is 0 Å². The minimum Gasteiger partial charge on any atom is -0.396 e.